The van der Waals surface area contributed by atoms with E-state index in [1.54, 1.807) is 43.5 Å². The number of nitrogens with zero attached hydrogens (tertiary/aromatic N) is 3. The quantitative estimate of drug-likeness (QED) is 0.440. The number of benzene rings is 1. The molecule has 1 aliphatic rings. The van der Waals surface area contributed by atoms with Crippen LogP contribution >= 0.6 is 0 Å². The van der Waals surface area contributed by atoms with Crippen molar-refractivity contribution in [1.29, 1.82) is 5.26 Å². The summed E-state index contributed by atoms with van der Waals surface area (Å²) in [5.74, 6) is -0.537. The number of amides is 1. The second-order valence-electron chi connectivity index (χ2n) is 8.13. The fourth-order valence-electron chi connectivity index (χ4n) is 3.73. The minimum absolute atomic E-state index is 0.0206. The summed E-state index contributed by atoms with van der Waals surface area (Å²) >= 11 is 0. The Bertz CT molecular complexity index is 1530. The highest BCUT2D eigenvalue weighted by Gasteiger charge is 2.30. The lowest BCUT2D eigenvalue weighted by atomic mass is 10.1. The van der Waals surface area contributed by atoms with Crippen molar-refractivity contribution in [3.63, 3.8) is 0 Å². The second kappa shape index (κ2) is 9.11. The Morgan fingerprint density at radius 1 is 1.24 bits per heavy atom. The molecule has 1 aliphatic heterocycles. The molecule has 34 heavy (non-hydrogen) atoms. The predicted molar refractivity (Wildman–Crippen MR) is 126 cm³/mol. The first-order valence-corrected chi connectivity index (χ1v) is 12.4. The van der Waals surface area contributed by atoms with Gasteiger partial charge in [0.25, 0.3) is 11.5 Å². The van der Waals surface area contributed by atoms with E-state index in [1.165, 1.54) is 4.40 Å². The Kier molecular flexibility index (Phi) is 6.22. The van der Waals surface area contributed by atoms with Gasteiger partial charge in [0.05, 0.1) is 11.5 Å². The number of ether oxygens (including phenoxy) is 1. The first-order chi connectivity index (χ1) is 16.2. The van der Waals surface area contributed by atoms with E-state index in [4.69, 9.17) is 4.74 Å². The second-order valence-corrected chi connectivity index (χ2v) is 10.4. The smallest absolute Gasteiger partial charge is 0.269 e. The van der Waals surface area contributed by atoms with Gasteiger partial charge in [-0.05, 0) is 49.6 Å². The maximum absolute atomic E-state index is 13.4. The third kappa shape index (κ3) is 4.70. The molecule has 3 heterocycles. The van der Waals surface area contributed by atoms with Gasteiger partial charge in [0.15, 0.2) is 9.84 Å². The first-order valence-electron chi connectivity index (χ1n) is 10.6. The zero-order chi connectivity index (χ0) is 24.5. The average molecular weight is 479 g/mol. The Morgan fingerprint density at radius 3 is 2.65 bits per heavy atom. The molecule has 1 fully saturated rings. The number of carbonyl (C=O) groups is 1. The summed E-state index contributed by atoms with van der Waals surface area (Å²) in [6.07, 6.45) is 2.95. The van der Waals surface area contributed by atoms with Crippen LogP contribution in [0.3, 0.4) is 0 Å². The summed E-state index contributed by atoms with van der Waals surface area (Å²) in [5.41, 5.74) is 0.992. The average Bonchev–Trinajstić information content (AvgIpc) is 3.13. The van der Waals surface area contributed by atoms with Crippen LogP contribution in [0.4, 0.5) is 0 Å². The van der Waals surface area contributed by atoms with Crippen molar-refractivity contribution in [3.05, 3.63) is 75.2 Å². The number of para-hydroxylation sites is 1. The SMILES string of the molecule is Cc1ccccc1Oc1nc2c(C)cccn2c(=O)c1/C=C(\C#N)C(=O)N[C@H]1CCS(=O)(=O)C1. The van der Waals surface area contributed by atoms with Gasteiger partial charge >= 0.3 is 0 Å². The van der Waals surface area contributed by atoms with E-state index in [2.05, 4.69) is 10.3 Å². The standard InChI is InChI=1S/C24H22N4O5S/c1-15-6-3-4-8-20(15)33-23-19(24(30)28-10-5-7-16(2)21(28)27-23)12-17(13-25)22(29)26-18-9-11-34(31,32)14-18/h3-8,10,12,18H,9,11,14H2,1-2H3,(H,26,29)/b17-12+/t18-/m0/s1. The summed E-state index contributed by atoms with van der Waals surface area (Å²) in [4.78, 5) is 30.6. The summed E-state index contributed by atoms with van der Waals surface area (Å²) in [6.45, 7) is 3.65. The molecule has 2 aromatic heterocycles. The number of fused-ring (bicyclic) bond motifs is 1. The van der Waals surface area contributed by atoms with Crippen molar-refractivity contribution in [2.45, 2.75) is 26.3 Å². The van der Waals surface area contributed by atoms with E-state index in [9.17, 15) is 23.3 Å². The van der Waals surface area contributed by atoms with Crippen LogP contribution in [0.2, 0.25) is 0 Å². The molecule has 3 aromatic rings. The molecule has 1 N–H and O–H groups in total. The molecule has 10 heteroatoms. The van der Waals surface area contributed by atoms with E-state index in [0.717, 1.165) is 17.2 Å². The zero-order valence-corrected chi connectivity index (χ0v) is 19.4. The van der Waals surface area contributed by atoms with Crippen molar-refractivity contribution in [1.82, 2.24) is 14.7 Å². The van der Waals surface area contributed by atoms with E-state index >= 15 is 0 Å². The number of hydrogen-bond donors (Lipinski definition) is 1. The molecule has 0 radical (unpaired) electrons. The highest BCUT2D eigenvalue weighted by atomic mass is 32.2. The van der Waals surface area contributed by atoms with Crippen LogP contribution in [0, 0.1) is 25.2 Å². The van der Waals surface area contributed by atoms with Crippen LogP contribution in [-0.4, -0.2) is 41.3 Å². The molecule has 0 saturated carbocycles. The largest absolute Gasteiger partial charge is 0.438 e. The molecular weight excluding hydrogens is 456 g/mol. The van der Waals surface area contributed by atoms with Gasteiger partial charge in [0, 0.05) is 12.2 Å². The van der Waals surface area contributed by atoms with Crippen LogP contribution < -0.4 is 15.6 Å². The van der Waals surface area contributed by atoms with Crippen molar-refractivity contribution in [3.8, 4) is 17.7 Å². The number of aryl methyl sites for hydroxylation is 2. The maximum Gasteiger partial charge on any atom is 0.269 e. The third-order valence-electron chi connectivity index (χ3n) is 5.57. The number of nitriles is 1. The lowest BCUT2D eigenvalue weighted by Gasteiger charge is -2.13. The molecule has 0 spiro atoms. The summed E-state index contributed by atoms with van der Waals surface area (Å²) in [6, 6.07) is 11.9. The lowest BCUT2D eigenvalue weighted by Crippen LogP contribution is -2.36. The number of rotatable bonds is 5. The minimum atomic E-state index is -3.21. The van der Waals surface area contributed by atoms with Crippen LogP contribution in [0.15, 0.2) is 53.0 Å². The van der Waals surface area contributed by atoms with Crippen molar-refractivity contribution in [2.24, 2.45) is 0 Å². The molecule has 1 aromatic carbocycles. The number of sulfone groups is 1. The number of pyridine rings is 1. The summed E-state index contributed by atoms with van der Waals surface area (Å²) < 4.78 is 30.7. The Labute approximate surface area is 196 Å². The molecule has 1 amide bonds. The minimum Gasteiger partial charge on any atom is -0.438 e. The van der Waals surface area contributed by atoms with Crippen molar-refractivity contribution < 1.29 is 17.9 Å². The zero-order valence-electron chi connectivity index (χ0n) is 18.6. The van der Waals surface area contributed by atoms with E-state index in [-0.39, 0.29) is 34.9 Å². The third-order valence-corrected chi connectivity index (χ3v) is 7.34. The summed E-state index contributed by atoms with van der Waals surface area (Å²) in [7, 11) is -3.21. The van der Waals surface area contributed by atoms with Gasteiger partial charge in [0.2, 0.25) is 5.88 Å². The van der Waals surface area contributed by atoms with Gasteiger partial charge in [-0.15, -0.1) is 0 Å². The van der Waals surface area contributed by atoms with E-state index in [1.807, 2.05) is 19.1 Å². The molecule has 0 unspecified atom stereocenters. The van der Waals surface area contributed by atoms with Crippen LogP contribution in [0.5, 0.6) is 11.6 Å². The monoisotopic (exact) mass is 478 g/mol. The Hall–Kier alpha value is -3.97. The normalized spacial score (nSPS) is 17.3. The number of carbonyl (C=O) groups excluding carboxylic acids is 1. The van der Waals surface area contributed by atoms with Crippen LogP contribution in [0.25, 0.3) is 11.7 Å². The molecule has 0 bridgehead atoms. The van der Waals surface area contributed by atoms with Gasteiger partial charge in [-0.25, -0.2) is 8.42 Å². The highest BCUT2D eigenvalue weighted by molar-refractivity contribution is 7.91. The Morgan fingerprint density at radius 2 is 1.97 bits per heavy atom. The van der Waals surface area contributed by atoms with Crippen LogP contribution in [-0.2, 0) is 14.6 Å². The van der Waals surface area contributed by atoms with Gasteiger partial charge in [0.1, 0.15) is 28.6 Å². The van der Waals surface area contributed by atoms with Gasteiger partial charge in [-0.3, -0.25) is 14.0 Å². The molecule has 0 aliphatic carbocycles. The Balaban J connectivity index is 1.81. The van der Waals surface area contributed by atoms with E-state index in [0.29, 0.717) is 11.4 Å². The lowest BCUT2D eigenvalue weighted by molar-refractivity contribution is -0.117. The fourth-order valence-corrected chi connectivity index (χ4v) is 5.41. The number of aromatic nitrogens is 2. The van der Waals surface area contributed by atoms with Crippen molar-refractivity contribution in [2.75, 3.05) is 11.5 Å². The van der Waals surface area contributed by atoms with Gasteiger partial charge in [-0.1, -0.05) is 24.3 Å². The van der Waals surface area contributed by atoms with E-state index < -0.39 is 27.3 Å². The molecule has 1 atom stereocenters. The molecule has 174 valence electrons. The molecule has 9 nitrogen and oxygen atoms in total. The van der Waals surface area contributed by atoms with Crippen molar-refractivity contribution >= 4 is 27.5 Å². The number of nitrogens with one attached hydrogen (secondary N) is 1. The molecular formula is C24H22N4O5S. The molecule has 1 saturated heterocycles. The first kappa shape index (κ1) is 23.2. The van der Waals surface area contributed by atoms with Crippen LogP contribution in [0.1, 0.15) is 23.1 Å². The molecule has 4 rings (SSSR count). The maximum atomic E-state index is 13.4. The number of hydrogen-bond acceptors (Lipinski definition) is 7. The highest BCUT2D eigenvalue weighted by Crippen LogP contribution is 2.27. The van der Waals surface area contributed by atoms with Gasteiger partial charge in [-0.2, -0.15) is 10.2 Å². The topological polar surface area (TPSA) is 131 Å². The fraction of sp³-hybridized carbons (Fsp3) is 0.250. The summed E-state index contributed by atoms with van der Waals surface area (Å²) in [5, 5.41) is 12.2. The van der Waals surface area contributed by atoms with Gasteiger partial charge < -0.3 is 10.1 Å². The predicted octanol–water partition coefficient (Wildman–Crippen LogP) is 2.31.